The number of hydrogen-bond donors (Lipinski definition) is 0. The van der Waals surface area contributed by atoms with Crippen molar-refractivity contribution in [2.24, 2.45) is 0 Å². The van der Waals surface area contributed by atoms with E-state index in [9.17, 15) is 35.6 Å². The zero-order valence-corrected chi connectivity index (χ0v) is 15.6. The molecule has 1 heterocycles. The van der Waals surface area contributed by atoms with E-state index < -0.39 is 38.3 Å². The summed E-state index contributed by atoms with van der Waals surface area (Å²) in [5.41, 5.74) is -0.901. The maximum atomic E-state index is 13.9. The second-order valence-electron chi connectivity index (χ2n) is 6.31. The minimum atomic E-state index is -4.59. The van der Waals surface area contributed by atoms with Gasteiger partial charge in [-0.2, -0.15) is 22.7 Å². The second kappa shape index (κ2) is 7.61. The summed E-state index contributed by atoms with van der Waals surface area (Å²) in [5.74, 6) is -1.98. The lowest BCUT2D eigenvalue weighted by Crippen LogP contribution is -2.49. The van der Waals surface area contributed by atoms with Crippen molar-refractivity contribution in [1.29, 1.82) is 5.26 Å². The lowest BCUT2D eigenvalue weighted by Gasteiger charge is -2.35. The Morgan fingerprint density at radius 2 is 1.62 bits per heavy atom. The van der Waals surface area contributed by atoms with E-state index in [0.29, 0.717) is 6.07 Å². The van der Waals surface area contributed by atoms with Crippen LogP contribution in [0, 0.1) is 23.0 Å². The number of sulfonamides is 1. The Hall–Kier alpha value is -2.71. The van der Waals surface area contributed by atoms with Gasteiger partial charge < -0.3 is 4.90 Å². The fourth-order valence-corrected chi connectivity index (χ4v) is 4.56. The molecule has 3 rings (SSSR count). The Morgan fingerprint density at radius 3 is 2.21 bits per heavy atom. The molecule has 1 aliphatic rings. The summed E-state index contributed by atoms with van der Waals surface area (Å²) in [6, 6.07) is 6.60. The molecule has 1 saturated heterocycles. The third-order valence-electron chi connectivity index (χ3n) is 4.53. The molecule has 11 heteroatoms. The highest BCUT2D eigenvalue weighted by molar-refractivity contribution is 7.89. The maximum absolute atomic E-state index is 13.9. The highest BCUT2D eigenvalue weighted by Gasteiger charge is 2.34. The minimum absolute atomic E-state index is 0.0657. The molecule has 0 aliphatic carbocycles. The molecule has 0 aromatic heterocycles. The van der Waals surface area contributed by atoms with E-state index in [0.717, 1.165) is 34.6 Å². The predicted octanol–water partition coefficient (Wildman–Crippen LogP) is 3.37. The van der Waals surface area contributed by atoms with Gasteiger partial charge in [0.1, 0.15) is 22.6 Å². The van der Waals surface area contributed by atoms with Gasteiger partial charge in [-0.1, -0.05) is 0 Å². The second-order valence-corrected chi connectivity index (χ2v) is 8.21. The average Bonchev–Trinajstić information content (AvgIpc) is 2.68. The molecule has 0 unspecified atom stereocenters. The molecule has 1 aliphatic heterocycles. The number of rotatable bonds is 3. The number of anilines is 1. The fourth-order valence-electron chi connectivity index (χ4n) is 3.06. The number of halogens is 5. The van der Waals surface area contributed by atoms with Gasteiger partial charge in [0, 0.05) is 26.2 Å². The summed E-state index contributed by atoms with van der Waals surface area (Å²) < 4.78 is 91.9. The van der Waals surface area contributed by atoms with Crippen LogP contribution in [-0.4, -0.2) is 38.9 Å². The molecule has 5 nitrogen and oxygen atoms in total. The maximum Gasteiger partial charge on any atom is 0.416 e. The van der Waals surface area contributed by atoms with Crippen LogP contribution in [0.2, 0.25) is 0 Å². The smallest absolute Gasteiger partial charge is 0.368 e. The summed E-state index contributed by atoms with van der Waals surface area (Å²) in [7, 11) is -4.28. The lowest BCUT2D eigenvalue weighted by molar-refractivity contribution is -0.137. The zero-order chi connectivity index (χ0) is 21.4. The Morgan fingerprint density at radius 1 is 0.966 bits per heavy atom. The molecule has 0 radical (unpaired) electrons. The van der Waals surface area contributed by atoms with Gasteiger partial charge in [-0.05, 0) is 36.4 Å². The van der Waals surface area contributed by atoms with Crippen molar-refractivity contribution in [2.45, 2.75) is 11.1 Å². The van der Waals surface area contributed by atoms with Gasteiger partial charge in [-0.15, -0.1) is 0 Å². The third kappa shape index (κ3) is 4.18. The molecular weight excluding hydrogens is 417 g/mol. The Labute approximate surface area is 163 Å². The fraction of sp³-hybridized carbons (Fsp3) is 0.278. The average molecular weight is 431 g/mol. The molecule has 0 bridgehead atoms. The molecule has 0 saturated carbocycles. The largest absolute Gasteiger partial charge is 0.416 e. The number of hydrogen-bond acceptors (Lipinski definition) is 4. The van der Waals surface area contributed by atoms with E-state index in [1.807, 2.05) is 0 Å². The van der Waals surface area contributed by atoms with E-state index in [1.54, 1.807) is 11.0 Å². The Bertz CT molecular complexity index is 1070. The molecule has 29 heavy (non-hydrogen) atoms. The molecule has 2 aromatic rings. The molecule has 2 aromatic carbocycles. The summed E-state index contributed by atoms with van der Waals surface area (Å²) in [6.07, 6.45) is -4.59. The molecular formula is C18H14F5N3O2S. The summed E-state index contributed by atoms with van der Waals surface area (Å²) >= 11 is 0. The Kier molecular flexibility index (Phi) is 5.51. The lowest BCUT2D eigenvalue weighted by atomic mass is 10.1. The van der Waals surface area contributed by atoms with Crippen molar-refractivity contribution in [3.8, 4) is 6.07 Å². The molecule has 0 N–H and O–H groups in total. The van der Waals surface area contributed by atoms with Crippen LogP contribution in [0.3, 0.4) is 0 Å². The number of benzene rings is 2. The van der Waals surface area contributed by atoms with E-state index in [1.165, 1.54) is 0 Å². The summed E-state index contributed by atoms with van der Waals surface area (Å²) in [6.45, 7) is -0.0826. The molecule has 0 spiro atoms. The SMILES string of the molecule is N#Cc1cc(C(F)(F)F)ccc1N1CCN(S(=O)(=O)c2cc(F)ccc2F)CC1. The van der Waals surface area contributed by atoms with Gasteiger partial charge in [-0.3, -0.25) is 0 Å². The first-order valence-corrected chi connectivity index (χ1v) is 9.79. The predicted molar refractivity (Wildman–Crippen MR) is 93.5 cm³/mol. The molecule has 1 fully saturated rings. The van der Waals surface area contributed by atoms with Crippen molar-refractivity contribution >= 4 is 15.7 Å². The van der Waals surface area contributed by atoms with Crippen LogP contribution in [0.25, 0.3) is 0 Å². The molecule has 0 atom stereocenters. The number of nitrogens with zero attached hydrogens (tertiary/aromatic N) is 3. The van der Waals surface area contributed by atoms with Crippen LogP contribution < -0.4 is 4.90 Å². The normalized spacial score (nSPS) is 15.9. The minimum Gasteiger partial charge on any atom is -0.368 e. The van der Waals surface area contributed by atoms with Crippen LogP contribution in [-0.2, 0) is 16.2 Å². The van der Waals surface area contributed by atoms with Crippen LogP contribution in [0.15, 0.2) is 41.3 Å². The third-order valence-corrected chi connectivity index (χ3v) is 6.45. The van der Waals surface area contributed by atoms with Crippen LogP contribution in [0.4, 0.5) is 27.6 Å². The van der Waals surface area contributed by atoms with Crippen LogP contribution >= 0.6 is 0 Å². The standard InChI is InChI=1S/C18H14F5N3O2S/c19-14-2-3-15(20)17(10-14)29(27,28)26-7-5-25(6-8-26)16-4-1-13(18(21,22)23)9-12(16)11-24/h1-4,9-10H,5-8H2. The topological polar surface area (TPSA) is 64.4 Å². The van der Waals surface area contributed by atoms with Crippen molar-refractivity contribution < 1.29 is 30.4 Å². The van der Waals surface area contributed by atoms with Crippen molar-refractivity contribution in [3.63, 3.8) is 0 Å². The van der Waals surface area contributed by atoms with Crippen molar-refractivity contribution in [1.82, 2.24) is 4.31 Å². The van der Waals surface area contributed by atoms with E-state index in [2.05, 4.69) is 0 Å². The quantitative estimate of drug-likeness (QED) is 0.700. The van der Waals surface area contributed by atoms with Gasteiger partial charge in [0.15, 0.2) is 0 Å². The van der Waals surface area contributed by atoms with Gasteiger partial charge >= 0.3 is 6.18 Å². The monoisotopic (exact) mass is 431 g/mol. The number of piperazine rings is 1. The first-order chi connectivity index (χ1) is 13.5. The van der Waals surface area contributed by atoms with Gasteiger partial charge in [0.25, 0.3) is 0 Å². The highest BCUT2D eigenvalue weighted by atomic mass is 32.2. The molecule has 0 amide bonds. The van der Waals surface area contributed by atoms with Crippen LogP contribution in [0.5, 0.6) is 0 Å². The molecule has 154 valence electrons. The van der Waals surface area contributed by atoms with E-state index >= 15 is 0 Å². The van der Waals surface area contributed by atoms with Crippen molar-refractivity contribution in [2.75, 3.05) is 31.1 Å². The summed E-state index contributed by atoms with van der Waals surface area (Å²) in [4.78, 5) is 0.797. The summed E-state index contributed by atoms with van der Waals surface area (Å²) in [5, 5.41) is 9.20. The number of alkyl halides is 3. The highest BCUT2D eigenvalue weighted by Crippen LogP contribution is 2.33. The number of nitriles is 1. The first-order valence-electron chi connectivity index (χ1n) is 8.35. The zero-order valence-electron chi connectivity index (χ0n) is 14.7. The van der Waals surface area contributed by atoms with E-state index in [-0.39, 0.29) is 37.4 Å². The van der Waals surface area contributed by atoms with Crippen LogP contribution in [0.1, 0.15) is 11.1 Å². The van der Waals surface area contributed by atoms with Gasteiger partial charge in [-0.25, -0.2) is 17.2 Å². The Balaban J connectivity index is 1.81. The van der Waals surface area contributed by atoms with Crippen molar-refractivity contribution in [3.05, 3.63) is 59.2 Å². The van der Waals surface area contributed by atoms with Gasteiger partial charge in [0.05, 0.1) is 16.8 Å². The van der Waals surface area contributed by atoms with E-state index in [4.69, 9.17) is 0 Å². The first kappa shape index (κ1) is 21.0. The van der Waals surface area contributed by atoms with Gasteiger partial charge in [0.2, 0.25) is 10.0 Å².